The van der Waals surface area contributed by atoms with E-state index >= 15 is 4.79 Å². The maximum Gasteiger partial charge on any atom is 0.338 e. The zero-order valence-corrected chi connectivity index (χ0v) is 28.5. The number of ether oxygens (including phenoxy) is 5. The van der Waals surface area contributed by atoms with E-state index in [9.17, 15) is 14.7 Å². The average molecular weight is 649 g/mol. The Hall–Kier alpha value is -3.37. The van der Waals surface area contributed by atoms with Crippen molar-refractivity contribution in [3.05, 3.63) is 82.9 Å². The Balaban J connectivity index is 1.65. The normalized spacial score (nSPS) is 33.6. The van der Waals surface area contributed by atoms with Crippen molar-refractivity contribution in [3.63, 3.8) is 0 Å². The van der Waals surface area contributed by atoms with E-state index in [1.165, 1.54) is 7.11 Å². The summed E-state index contributed by atoms with van der Waals surface area (Å²) in [5.74, 6) is -2.19. The van der Waals surface area contributed by atoms with Crippen LogP contribution in [0.2, 0.25) is 0 Å². The van der Waals surface area contributed by atoms with Crippen LogP contribution in [-0.4, -0.2) is 79.8 Å². The number of benzene rings is 2. The Morgan fingerprint density at radius 3 is 2.21 bits per heavy atom. The molecule has 0 amide bonds. The molecule has 2 fully saturated rings. The third-order valence-electron chi connectivity index (χ3n) is 11.1. The van der Waals surface area contributed by atoms with Gasteiger partial charge in [-0.15, -0.1) is 0 Å². The zero-order valence-electron chi connectivity index (χ0n) is 28.5. The number of methoxy groups -OCH3 is 2. The average Bonchev–Trinajstić information content (AvgIpc) is 3.19. The topological polar surface area (TPSA) is 118 Å². The van der Waals surface area contributed by atoms with Crippen molar-refractivity contribution in [2.45, 2.75) is 96.4 Å². The van der Waals surface area contributed by atoms with E-state index in [1.807, 2.05) is 58.0 Å². The first kappa shape index (κ1) is 35.0. The van der Waals surface area contributed by atoms with Gasteiger partial charge < -0.3 is 28.8 Å². The van der Waals surface area contributed by atoms with Crippen molar-refractivity contribution in [1.29, 1.82) is 0 Å². The van der Waals surface area contributed by atoms with Gasteiger partial charge in [-0.25, -0.2) is 4.79 Å². The van der Waals surface area contributed by atoms with Crippen molar-refractivity contribution < 1.29 is 43.2 Å². The third kappa shape index (κ3) is 6.19. The van der Waals surface area contributed by atoms with Crippen LogP contribution in [0.25, 0.3) is 0 Å². The SMILES string of the molecule is CO[C@H]1C(=O)[C@@]2(C)C(CO[C@@H](C)C[C@@H]2OC)[C@H](OC(=O)c2ccccc2)[C@]2(O)C[C@H](OC(=O)CCc3ccccc3)C(C)=C1C2(C)C. The Morgan fingerprint density at radius 1 is 0.957 bits per heavy atom. The summed E-state index contributed by atoms with van der Waals surface area (Å²) >= 11 is 0. The van der Waals surface area contributed by atoms with Crippen molar-refractivity contribution in [2.24, 2.45) is 16.7 Å². The first-order valence-corrected chi connectivity index (χ1v) is 16.4. The van der Waals surface area contributed by atoms with Crippen LogP contribution in [0.4, 0.5) is 0 Å². The molecule has 1 unspecified atom stereocenters. The number of hydrogen-bond donors (Lipinski definition) is 1. The highest BCUT2D eigenvalue weighted by molar-refractivity contribution is 5.94. The number of ketones is 1. The molecule has 1 saturated heterocycles. The molecule has 8 atom stereocenters. The monoisotopic (exact) mass is 648 g/mol. The van der Waals surface area contributed by atoms with Crippen LogP contribution in [0.1, 0.15) is 69.8 Å². The molecule has 1 N–H and O–H groups in total. The summed E-state index contributed by atoms with van der Waals surface area (Å²) in [7, 11) is 3.02. The lowest BCUT2D eigenvalue weighted by Crippen LogP contribution is -2.70. The number of carbonyl (C=O) groups excluding carboxylic acids is 3. The summed E-state index contributed by atoms with van der Waals surface area (Å²) < 4.78 is 30.8. The van der Waals surface area contributed by atoms with Gasteiger partial charge in [0.15, 0.2) is 5.78 Å². The predicted octanol–water partition coefficient (Wildman–Crippen LogP) is 5.28. The predicted molar refractivity (Wildman–Crippen MR) is 175 cm³/mol. The molecule has 254 valence electrons. The minimum atomic E-state index is -1.82. The van der Waals surface area contributed by atoms with Crippen LogP contribution >= 0.6 is 0 Å². The lowest BCUT2D eigenvalue weighted by atomic mass is 9.50. The Labute approximate surface area is 277 Å². The number of aliphatic hydroxyl groups is 1. The summed E-state index contributed by atoms with van der Waals surface area (Å²) in [4.78, 5) is 42.2. The maximum atomic E-state index is 15.0. The molecule has 0 aromatic heterocycles. The van der Waals surface area contributed by atoms with Gasteiger partial charge in [0.25, 0.3) is 0 Å². The quantitative estimate of drug-likeness (QED) is 0.302. The minimum Gasteiger partial charge on any atom is -0.458 e. The molecule has 1 aliphatic heterocycles. The highest BCUT2D eigenvalue weighted by atomic mass is 16.6. The van der Waals surface area contributed by atoms with Gasteiger partial charge in [0, 0.05) is 44.8 Å². The van der Waals surface area contributed by atoms with Gasteiger partial charge in [-0.3, -0.25) is 9.59 Å². The number of esters is 2. The van der Waals surface area contributed by atoms with E-state index in [0.29, 0.717) is 29.6 Å². The molecule has 1 heterocycles. The van der Waals surface area contributed by atoms with E-state index in [-0.39, 0.29) is 31.3 Å². The number of carbonyl (C=O) groups is 3. The molecule has 1 saturated carbocycles. The summed E-state index contributed by atoms with van der Waals surface area (Å²) in [6.45, 7) is 9.22. The van der Waals surface area contributed by atoms with E-state index in [0.717, 1.165) is 5.56 Å². The minimum absolute atomic E-state index is 0.0182. The van der Waals surface area contributed by atoms with Crippen molar-refractivity contribution in [3.8, 4) is 0 Å². The standard InChI is InChI=1S/C38H48O9/c1-23-20-29(43-6)37(5)27(22-45-23)34(47-35(41)26-16-12-9-13-17-26)38(42)21-28(46-30(39)19-18-25-14-10-8-11-15-25)24(2)31(36(38,3)4)32(44-7)33(37)40/h8-17,23,27-29,32,34,42H,18-22H2,1-7H3/t23-,27?,28-,29-,32+,34-,37-,38+/m0/s1. The van der Waals surface area contributed by atoms with Gasteiger partial charge in [0.1, 0.15) is 23.9 Å². The fourth-order valence-corrected chi connectivity index (χ4v) is 8.12. The van der Waals surface area contributed by atoms with Gasteiger partial charge in [0.2, 0.25) is 0 Å². The molecule has 2 aliphatic carbocycles. The molecule has 9 heteroatoms. The van der Waals surface area contributed by atoms with E-state index in [4.69, 9.17) is 23.7 Å². The molecule has 2 aromatic rings. The fraction of sp³-hybridized carbons (Fsp3) is 0.553. The molecule has 47 heavy (non-hydrogen) atoms. The highest BCUT2D eigenvalue weighted by Gasteiger charge is 2.69. The second-order valence-electron chi connectivity index (χ2n) is 14.0. The van der Waals surface area contributed by atoms with Gasteiger partial charge in [0.05, 0.1) is 29.8 Å². The lowest BCUT2D eigenvalue weighted by Gasteiger charge is -2.59. The summed E-state index contributed by atoms with van der Waals surface area (Å²) in [5.41, 5.74) is -1.84. The van der Waals surface area contributed by atoms with E-state index < -0.39 is 58.7 Å². The maximum absolute atomic E-state index is 15.0. The van der Waals surface area contributed by atoms with Crippen molar-refractivity contribution in [1.82, 2.24) is 0 Å². The van der Waals surface area contributed by atoms with Crippen molar-refractivity contribution in [2.75, 3.05) is 20.8 Å². The molecule has 0 spiro atoms. The van der Waals surface area contributed by atoms with Crippen LogP contribution in [0, 0.1) is 16.7 Å². The molecule has 3 aliphatic rings. The van der Waals surface area contributed by atoms with Gasteiger partial charge in [-0.1, -0.05) is 62.4 Å². The molecule has 0 radical (unpaired) electrons. The van der Waals surface area contributed by atoms with E-state index in [1.54, 1.807) is 44.4 Å². The Kier molecular flexibility index (Phi) is 10.1. The smallest absolute Gasteiger partial charge is 0.338 e. The molecule has 5 rings (SSSR count). The number of rotatable bonds is 8. The largest absolute Gasteiger partial charge is 0.458 e. The zero-order chi connectivity index (χ0) is 34.1. The third-order valence-corrected chi connectivity index (χ3v) is 11.1. The van der Waals surface area contributed by atoms with Gasteiger partial charge >= 0.3 is 11.9 Å². The van der Waals surface area contributed by atoms with Crippen LogP contribution in [0.5, 0.6) is 0 Å². The van der Waals surface area contributed by atoms with Crippen LogP contribution in [0.15, 0.2) is 71.8 Å². The number of hydrogen-bond acceptors (Lipinski definition) is 9. The molecular formula is C38H48O9. The van der Waals surface area contributed by atoms with Gasteiger partial charge in [-0.2, -0.15) is 0 Å². The summed E-state index contributed by atoms with van der Waals surface area (Å²) in [5, 5.41) is 13.2. The Morgan fingerprint density at radius 2 is 1.60 bits per heavy atom. The first-order chi connectivity index (χ1) is 22.3. The van der Waals surface area contributed by atoms with Crippen molar-refractivity contribution >= 4 is 17.7 Å². The lowest BCUT2D eigenvalue weighted by molar-refractivity contribution is -0.220. The second kappa shape index (κ2) is 13.6. The van der Waals surface area contributed by atoms with Gasteiger partial charge in [-0.05, 0) is 56.0 Å². The number of aryl methyl sites for hydroxylation is 1. The van der Waals surface area contributed by atoms with Crippen LogP contribution in [-0.2, 0) is 39.7 Å². The molecule has 9 nitrogen and oxygen atoms in total. The molecule has 2 bridgehead atoms. The number of Topliss-reactive ketones (excluding diaryl/α,β-unsaturated/α-hetero) is 1. The first-order valence-electron chi connectivity index (χ1n) is 16.4. The Bertz CT molecular complexity index is 1480. The highest BCUT2D eigenvalue weighted by Crippen LogP contribution is 2.59. The summed E-state index contributed by atoms with van der Waals surface area (Å²) in [6.07, 6.45) is -3.19. The van der Waals surface area contributed by atoms with Crippen LogP contribution in [0.3, 0.4) is 0 Å². The second-order valence-corrected chi connectivity index (χ2v) is 14.0. The number of fused-ring (bicyclic) bond motifs is 3. The molecule has 2 aromatic carbocycles. The van der Waals surface area contributed by atoms with Crippen LogP contribution < -0.4 is 0 Å². The molecular weight excluding hydrogens is 600 g/mol. The fourth-order valence-electron chi connectivity index (χ4n) is 8.12. The summed E-state index contributed by atoms with van der Waals surface area (Å²) in [6, 6.07) is 18.2. The van der Waals surface area contributed by atoms with E-state index in [2.05, 4.69) is 0 Å².